The van der Waals surface area contributed by atoms with Crippen LogP contribution in [0.1, 0.15) is 13.3 Å². The van der Waals surface area contributed by atoms with E-state index in [2.05, 4.69) is 0 Å². The number of nitrogens with zero attached hydrogens (tertiary/aromatic N) is 1. The molecule has 1 aliphatic heterocycles. The summed E-state index contributed by atoms with van der Waals surface area (Å²) in [5.41, 5.74) is -0.752. The van der Waals surface area contributed by atoms with E-state index < -0.39 is 21.4 Å². The highest BCUT2D eigenvalue weighted by Gasteiger charge is 2.40. The molecule has 0 aromatic rings. The van der Waals surface area contributed by atoms with Crippen molar-refractivity contribution in [1.29, 1.82) is 0 Å². The minimum absolute atomic E-state index is 0.122. The average molecular weight is 236 g/mol. The molecule has 1 rings (SSSR count). The monoisotopic (exact) mass is 236 g/mol. The first-order chi connectivity index (χ1) is 6.73. The van der Waals surface area contributed by atoms with Gasteiger partial charge in [-0.3, -0.25) is 4.79 Å². The summed E-state index contributed by atoms with van der Waals surface area (Å²) in [6.45, 7) is 2.98. The van der Waals surface area contributed by atoms with Gasteiger partial charge in [0, 0.05) is 13.1 Å². The normalized spacial score (nSPS) is 28.1. The van der Waals surface area contributed by atoms with E-state index >= 15 is 0 Å². The summed E-state index contributed by atoms with van der Waals surface area (Å²) >= 11 is 0. The second kappa shape index (κ2) is 4.07. The minimum Gasteiger partial charge on any atom is -0.481 e. The van der Waals surface area contributed by atoms with Crippen LogP contribution in [0.15, 0.2) is 0 Å². The van der Waals surface area contributed by atoms with Gasteiger partial charge in [-0.05, 0) is 19.9 Å². The van der Waals surface area contributed by atoms with E-state index in [-0.39, 0.29) is 5.75 Å². The molecule has 1 fully saturated rings. The summed E-state index contributed by atoms with van der Waals surface area (Å²) in [5.74, 6) is -0.955. The number of hydrogen-bond donors (Lipinski definition) is 2. The summed E-state index contributed by atoms with van der Waals surface area (Å²) < 4.78 is 21.4. The Kier molecular flexibility index (Phi) is 3.37. The van der Waals surface area contributed by atoms with Crippen LogP contribution in [0.2, 0.25) is 0 Å². The summed E-state index contributed by atoms with van der Waals surface area (Å²) in [6.07, 6.45) is 0.549. The maximum atomic E-state index is 10.9. The average Bonchev–Trinajstić information content (AvgIpc) is 2.44. The minimum atomic E-state index is -3.46. The maximum Gasteiger partial charge on any atom is 0.310 e. The molecule has 0 amide bonds. The first kappa shape index (κ1) is 12.4. The van der Waals surface area contributed by atoms with E-state index in [9.17, 15) is 13.2 Å². The molecule has 1 unspecified atom stereocenters. The standard InChI is InChI=1S/C8H16N2O4S/c1-8(7(11)12)2-3-10(6-8)4-5-15(9,13)14/h2-6H2,1H3,(H,11,12)(H2,9,13,14). The third-order valence-electron chi connectivity index (χ3n) is 2.76. The van der Waals surface area contributed by atoms with Crippen molar-refractivity contribution in [1.82, 2.24) is 4.90 Å². The van der Waals surface area contributed by atoms with E-state index in [1.807, 2.05) is 4.90 Å². The van der Waals surface area contributed by atoms with Crippen LogP contribution >= 0.6 is 0 Å². The highest BCUT2D eigenvalue weighted by atomic mass is 32.2. The third-order valence-corrected chi connectivity index (χ3v) is 3.51. The fourth-order valence-corrected chi connectivity index (χ4v) is 2.19. The van der Waals surface area contributed by atoms with Gasteiger partial charge in [0.1, 0.15) is 0 Å². The summed E-state index contributed by atoms with van der Waals surface area (Å²) in [7, 11) is -3.46. The lowest BCUT2D eigenvalue weighted by molar-refractivity contribution is -0.147. The lowest BCUT2D eigenvalue weighted by Gasteiger charge is -2.19. The van der Waals surface area contributed by atoms with Gasteiger partial charge in [0.2, 0.25) is 10.0 Å². The Hall–Kier alpha value is -0.660. The number of carbonyl (C=O) groups is 1. The predicted molar refractivity (Wildman–Crippen MR) is 54.8 cm³/mol. The molecular formula is C8H16N2O4S. The molecule has 3 N–H and O–H groups in total. The fraction of sp³-hybridized carbons (Fsp3) is 0.875. The zero-order valence-electron chi connectivity index (χ0n) is 8.64. The molecule has 0 aromatic heterocycles. The highest BCUT2D eigenvalue weighted by molar-refractivity contribution is 7.89. The number of hydrogen-bond acceptors (Lipinski definition) is 4. The smallest absolute Gasteiger partial charge is 0.310 e. The first-order valence-corrected chi connectivity index (χ1v) is 6.41. The van der Waals surface area contributed by atoms with E-state index in [0.29, 0.717) is 26.1 Å². The number of sulfonamides is 1. The molecule has 7 heteroatoms. The molecule has 88 valence electrons. The Bertz CT molecular complexity index is 354. The van der Waals surface area contributed by atoms with E-state index in [0.717, 1.165) is 0 Å². The zero-order valence-corrected chi connectivity index (χ0v) is 9.46. The highest BCUT2D eigenvalue weighted by Crippen LogP contribution is 2.29. The van der Waals surface area contributed by atoms with E-state index in [1.54, 1.807) is 6.92 Å². The third kappa shape index (κ3) is 3.44. The quantitative estimate of drug-likeness (QED) is 0.657. The molecule has 0 aliphatic carbocycles. The van der Waals surface area contributed by atoms with E-state index in [1.165, 1.54) is 0 Å². The number of nitrogens with two attached hydrogens (primary N) is 1. The number of primary sulfonamides is 1. The van der Waals surface area contributed by atoms with Crippen molar-refractivity contribution in [3.8, 4) is 0 Å². The van der Waals surface area contributed by atoms with Crippen molar-refractivity contribution >= 4 is 16.0 Å². The Labute approximate surface area is 89.1 Å². The Morgan fingerprint density at radius 2 is 2.20 bits per heavy atom. The second-order valence-corrected chi connectivity index (χ2v) is 5.99. The molecule has 6 nitrogen and oxygen atoms in total. The largest absolute Gasteiger partial charge is 0.481 e. The van der Waals surface area contributed by atoms with Gasteiger partial charge < -0.3 is 10.0 Å². The first-order valence-electron chi connectivity index (χ1n) is 4.69. The van der Waals surface area contributed by atoms with Gasteiger partial charge in [-0.25, -0.2) is 13.6 Å². The number of carboxylic acid groups (broad SMARTS) is 1. The van der Waals surface area contributed by atoms with E-state index in [4.69, 9.17) is 10.2 Å². The van der Waals surface area contributed by atoms with Gasteiger partial charge in [-0.1, -0.05) is 0 Å². The topological polar surface area (TPSA) is 101 Å². The maximum absolute atomic E-state index is 10.9. The van der Waals surface area contributed by atoms with Gasteiger partial charge >= 0.3 is 5.97 Å². The number of carboxylic acids is 1. The van der Waals surface area contributed by atoms with Crippen LogP contribution < -0.4 is 5.14 Å². The lowest BCUT2D eigenvalue weighted by Crippen LogP contribution is -2.34. The van der Waals surface area contributed by atoms with Gasteiger partial charge in [0.05, 0.1) is 11.2 Å². The Morgan fingerprint density at radius 1 is 1.60 bits per heavy atom. The van der Waals surface area contributed by atoms with Crippen LogP contribution in [0.4, 0.5) is 0 Å². The van der Waals surface area contributed by atoms with Crippen molar-refractivity contribution < 1.29 is 18.3 Å². The number of rotatable bonds is 4. The molecule has 1 aliphatic rings. The summed E-state index contributed by atoms with van der Waals surface area (Å²) in [6, 6.07) is 0. The molecular weight excluding hydrogens is 220 g/mol. The van der Waals surface area contributed by atoms with Crippen LogP contribution in [-0.4, -0.2) is 49.8 Å². The Balaban J connectivity index is 2.47. The van der Waals surface area contributed by atoms with Crippen molar-refractivity contribution in [2.24, 2.45) is 10.6 Å². The van der Waals surface area contributed by atoms with Crippen molar-refractivity contribution in [3.05, 3.63) is 0 Å². The van der Waals surface area contributed by atoms with Gasteiger partial charge in [-0.15, -0.1) is 0 Å². The number of aliphatic carboxylic acids is 1. The molecule has 0 aromatic carbocycles. The van der Waals surface area contributed by atoms with Crippen LogP contribution in [-0.2, 0) is 14.8 Å². The van der Waals surface area contributed by atoms with Crippen molar-refractivity contribution in [2.45, 2.75) is 13.3 Å². The molecule has 0 bridgehead atoms. The molecule has 0 spiro atoms. The lowest BCUT2D eigenvalue weighted by atomic mass is 9.90. The second-order valence-electron chi connectivity index (χ2n) is 4.26. The fourth-order valence-electron chi connectivity index (χ4n) is 1.68. The van der Waals surface area contributed by atoms with Crippen molar-refractivity contribution in [3.63, 3.8) is 0 Å². The number of likely N-dealkylation sites (tertiary alicyclic amines) is 1. The van der Waals surface area contributed by atoms with Crippen LogP contribution in [0.5, 0.6) is 0 Å². The van der Waals surface area contributed by atoms with Gasteiger partial charge in [0.15, 0.2) is 0 Å². The van der Waals surface area contributed by atoms with Crippen LogP contribution in [0, 0.1) is 5.41 Å². The SMILES string of the molecule is CC1(C(=O)O)CCN(CCS(N)(=O)=O)C1. The van der Waals surface area contributed by atoms with Crippen LogP contribution in [0.3, 0.4) is 0 Å². The Morgan fingerprint density at radius 3 is 2.60 bits per heavy atom. The molecule has 1 heterocycles. The van der Waals surface area contributed by atoms with Gasteiger partial charge in [0.25, 0.3) is 0 Å². The molecule has 0 radical (unpaired) electrons. The zero-order chi connectivity index (χ0) is 11.7. The molecule has 1 saturated heterocycles. The van der Waals surface area contributed by atoms with Crippen molar-refractivity contribution in [2.75, 3.05) is 25.4 Å². The predicted octanol–water partition coefficient (Wildman–Crippen LogP) is -0.928. The molecule has 15 heavy (non-hydrogen) atoms. The summed E-state index contributed by atoms with van der Waals surface area (Å²) in [5, 5.41) is 13.8. The summed E-state index contributed by atoms with van der Waals surface area (Å²) in [4.78, 5) is 12.7. The van der Waals surface area contributed by atoms with Gasteiger partial charge in [-0.2, -0.15) is 0 Å². The molecule has 1 atom stereocenters. The van der Waals surface area contributed by atoms with Crippen LogP contribution in [0.25, 0.3) is 0 Å². The molecule has 0 saturated carbocycles.